The maximum Gasteiger partial charge on any atom is 0.328 e. The van der Waals surface area contributed by atoms with E-state index in [2.05, 4.69) is 20.6 Å². The summed E-state index contributed by atoms with van der Waals surface area (Å²) in [6.45, 7) is 3.73. The van der Waals surface area contributed by atoms with E-state index in [4.69, 9.17) is 9.47 Å². The third kappa shape index (κ3) is 8.22. The van der Waals surface area contributed by atoms with E-state index in [0.29, 0.717) is 0 Å². The number of carbonyl (C=O) groups is 4. The Hall–Kier alpha value is -4.60. The predicted molar refractivity (Wildman–Crippen MR) is 138 cm³/mol. The Morgan fingerprint density at radius 3 is 1.37 bits per heavy atom. The Balaban J connectivity index is 1.70. The Morgan fingerprint density at radius 1 is 0.658 bits per heavy atom. The fourth-order valence-corrected chi connectivity index (χ4v) is 3.61. The molecule has 3 rings (SSSR count). The van der Waals surface area contributed by atoms with Crippen molar-refractivity contribution in [2.45, 2.75) is 38.8 Å². The lowest BCUT2D eigenvalue weighted by molar-refractivity contribution is -0.146. The van der Waals surface area contributed by atoms with Crippen LogP contribution in [0.4, 0.5) is 0 Å². The molecule has 198 valence electrons. The summed E-state index contributed by atoms with van der Waals surface area (Å²) in [5.41, 5.74) is 1.90. The van der Waals surface area contributed by atoms with Crippen molar-refractivity contribution in [3.63, 3.8) is 0 Å². The van der Waals surface area contributed by atoms with Gasteiger partial charge >= 0.3 is 11.9 Å². The third-order valence-electron chi connectivity index (χ3n) is 5.45. The topological polar surface area (TPSA) is 137 Å². The van der Waals surface area contributed by atoms with E-state index in [1.807, 2.05) is 0 Å². The largest absolute Gasteiger partial charge is 0.464 e. The van der Waals surface area contributed by atoms with E-state index in [9.17, 15) is 19.2 Å². The summed E-state index contributed by atoms with van der Waals surface area (Å²) in [6.07, 6.45) is 3.37. The molecular weight excluding hydrogens is 488 g/mol. The Labute approximate surface area is 220 Å². The molecule has 2 heterocycles. The predicted octanol–water partition coefficient (Wildman–Crippen LogP) is 2.28. The number of hydrogen-bond donors (Lipinski definition) is 2. The van der Waals surface area contributed by atoms with Crippen LogP contribution in [0.25, 0.3) is 0 Å². The molecule has 0 bridgehead atoms. The van der Waals surface area contributed by atoms with Gasteiger partial charge in [-0.2, -0.15) is 0 Å². The van der Waals surface area contributed by atoms with Gasteiger partial charge in [0, 0.05) is 25.2 Å². The second-order valence-corrected chi connectivity index (χ2v) is 8.21. The van der Waals surface area contributed by atoms with Gasteiger partial charge in [0.15, 0.2) is 0 Å². The summed E-state index contributed by atoms with van der Waals surface area (Å²) in [5.74, 6) is -2.08. The number of ether oxygens (including phenoxy) is 2. The summed E-state index contributed by atoms with van der Waals surface area (Å²) in [5, 5.41) is 5.38. The molecule has 0 aliphatic rings. The van der Waals surface area contributed by atoms with Crippen LogP contribution in [0.3, 0.4) is 0 Å². The number of hydrogen-bond acceptors (Lipinski definition) is 8. The lowest BCUT2D eigenvalue weighted by Gasteiger charge is -2.19. The maximum absolute atomic E-state index is 12.6. The van der Waals surface area contributed by atoms with Gasteiger partial charge < -0.3 is 20.1 Å². The van der Waals surface area contributed by atoms with Crippen molar-refractivity contribution >= 4 is 23.8 Å². The number of nitrogens with one attached hydrogen (secondary N) is 2. The van der Waals surface area contributed by atoms with Crippen molar-refractivity contribution in [3.05, 3.63) is 95.6 Å². The highest BCUT2D eigenvalue weighted by molar-refractivity contribution is 5.95. The van der Waals surface area contributed by atoms with E-state index in [1.54, 1.807) is 74.5 Å². The van der Waals surface area contributed by atoms with Crippen LogP contribution in [0.1, 0.15) is 46.0 Å². The molecule has 1 aromatic carbocycles. The van der Waals surface area contributed by atoms with Gasteiger partial charge in [0.2, 0.25) is 0 Å². The smallest absolute Gasteiger partial charge is 0.328 e. The van der Waals surface area contributed by atoms with Crippen LogP contribution in [-0.4, -0.2) is 59.0 Å². The molecule has 0 saturated heterocycles. The number of carbonyl (C=O) groups excluding carboxylic acids is 4. The SMILES string of the molecule is CCOC(=O)C(Cc1ccc(CC(NC(=O)c2ccccn2)C(=O)OCC)cc1)NC(=O)c1ccccn1. The number of pyridine rings is 2. The Kier molecular flexibility index (Phi) is 10.5. The summed E-state index contributed by atoms with van der Waals surface area (Å²) in [6, 6.07) is 15.2. The average Bonchev–Trinajstić information content (AvgIpc) is 2.94. The number of nitrogens with zero attached hydrogens (tertiary/aromatic N) is 2. The molecule has 2 N–H and O–H groups in total. The van der Waals surface area contributed by atoms with Crippen molar-refractivity contribution in [1.29, 1.82) is 0 Å². The summed E-state index contributed by atoms with van der Waals surface area (Å²) < 4.78 is 10.3. The van der Waals surface area contributed by atoms with E-state index >= 15 is 0 Å². The van der Waals surface area contributed by atoms with Gasteiger partial charge in [0.25, 0.3) is 11.8 Å². The second kappa shape index (κ2) is 14.2. The summed E-state index contributed by atoms with van der Waals surface area (Å²) in [4.78, 5) is 58.2. The maximum atomic E-state index is 12.6. The molecule has 0 aliphatic carbocycles. The number of benzene rings is 1. The lowest BCUT2D eigenvalue weighted by atomic mass is 10.0. The highest BCUT2D eigenvalue weighted by atomic mass is 16.5. The standard InChI is InChI=1S/C28H30N4O6/c1-3-37-27(35)23(31-25(33)21-9-5-7-15-29-21)17-19-11-13-20(14-12-19)18-24(28(36)38-4-2)32-26(34)22-10-6-8-16-30-22/h5-16,23-24H,3-4,17-18H2,1-2H3,(H,31,33)(H,32,34). The molecule has 2 amide bonds. The molecule has 2 aromatic heterocycles. The van der Waals surface area contributed by atoms with Gasteiger partial charge in [-0.05, 0) is 49.2 Å². The molecule has 10 heteroatoms. The van der Waals surface area contributed by atoms with Gasteiger partial charge in [-0.3, -0.25) is 19.6 Å². The molecule has 2 atom stereocenters. The first kappa shape index (κ1) is 28.0. The van der Waals surface area contributed by atoms with Crippen LogP contribution >= 0.6 is 0 Å². The first-order valence-corrected chi connectivity index (χ1v) is 12.3. The number of rotatable bonds is 12. The summed E-state index contributed by atoms with van der Waals surface area (Å²) in [7, 11) is 0. The second-order valence-electron chi connectivity index (χ2n) is 8.21. The van der Waals surface area contributed by atoms with Crippen LogP contribution in [0.2, 0.25) is 0 Å². The van der Waals surface area contributed by atoms with Crippen LogP contribution in [0, 0.1) is 0 Å². The highest BCUT2D eigenvalue weighted by Gasteiger charge is 2.25. The molecule has 0 fully saturated rings. The molecule has 38 heavy (non-hydrogen) atoms. The Morgan fingerprint density at radius 2 is 1.05 bits per heavy atom. The number of esters is 2. The van der Waals surface area contributed by atoms with E-state index in [0.717, 1.165) is 11.1 Å². The third-order valence-corrected chi connectivity index (χ3v) is 5.45. The Bertz CT molecular complexity index is 1120. The summed E-state index contributed by atoms with van der Waals surface area (Å²) >= 11 is 0. The van der Waals surface area contributed by atoms with Gasteiger partial charge in [0.1, 0.15) is 23.5 Å². The van der Waals surface area contributed by atoms with Gasteiger partial charge in [-0.1, -0.05) is 36.4 Å². The van der Waals surface area contributed by atoms with Crippen molar-refractivity contribution < 1.29 is 28.7 Å². The molecule has 0 aliphatic heterocycles. The van der Waals surface area contributed by atoms with Gasteiger partial charge in [-0.15, -0.1) is 0 Å². The first-order valence-electron chi connectivity index (χ1n) is 12.3. The monoisotopic (exact) mass is 518 g/mol. The fraction of sp³-hybridized carbons (Fsp3) is 0.286. The normalized spacial score (nSPS) is 12.1. The zero-order valence-corrected chi connectivity index (χ0v) is 21.3. The van der Waals surface area contributed by atoms with E-state index in [-0.39, 0.29) is 37.4 Å². The zero-order chi connectivity index (χ0) is 27.3. The molecule has 0 radical (unpaired) electrons. The fourth-order valence-electron chi connectivity index (χ4n) is 3.61. The quantitative estimate of drug-likeness (QED) is 0.349. The van der Waals surface area contributed by atoms with Gasteiger partial charge in [0.05, 0.1) is 13.2 Å². The van der Waals surface area contributed by atoms with Crippen LogP contribution in [0.5, 0.6) is 0 Å². The minimum atomic E-state index is -0.916. The van der Waals surface area contributed by atoms with Crippen molar-refractivity contribution in [1.82, 2.24) is 20.6 Å². The van der Waals surface area contributed by atoms with Gasteiger partial charge in [-0.25, -0.2) is 9.59 Å². The number of amides is 2. The molecule has 0 spiro atoms. The average molecular weight is 519 g/mol. The first-order chi connectivity index (χ1) is 18.4. The highest BCUT2D eigenvalue weighted by Crippen LogP contribution is 2.12. The van der Waals surface area contributed by atoms with Crippen LogP contribution < -0.4 is 10.6 Å². The molecular formula is C28H30N4O6. The van der Waals surface area contributed by atoms with E-state index < -0.39 is 35.8 Å². The minimum absolute atomic E-state index is 0.174. The number of aromatic nitrogens is 2. The lowest BCUT2D eigenvalue weighted by Crippen LogP contribution is -2.44. The molecule has 0 saturated carbocycles. The van der Waals surface area contributed by atoms with Crippen molar-refractivity contribution in [2.75, 3.05) is 13.2 Å². The van der Waals surface area contributed by atoms with E-state index in [1.165, 1.54) is 12.4 Å². The molecule has 2 unspecified atom stereocenters. The van der Waals surface area contributed by atoms with Crippen LogP contribution in [0.15, 0.2) is 73.1 Å². The van der Waals surface area contributed by atoms with Crippen molar-refractivity contribution in [2.24, 2.45) is 0 Å². The molecule has 3 aromatic rings. The van der Waals surface area contributed by atoms with Crippen LogP contribution in [-0.2, 0) is 31.9 Å². The molecule has 10 nitrogen and oxygen atoms in total. The minimum Gasteiger partial charge on any atom is -0.464 e. The zero-order valence-electron chi connectivity index (χ0n) is 21.3. The van der Waals surface area contributed by atoms with Crippen molar-refractivity contribution in [3.8, 4) is 0 Å².